The molecule has 1 atom stereocenters. The molecule has 5 heteroatoms. The average molecular weight is 410 g/mol. The van der Waals surface area contributed by atoms with Gasteiger partial charge in [0.15, 0.2) is 0 Å². The van der Waals surface area contributed by atoms with Crippen LogP contribution >= 0.6 is 0 Å². The third-order valence-corrected chi connectivity index (χ3v) is 6.05. The highest BCUT2D eigenvalue weighted by atomic mass is 16.5. The fourth-order valence-corrected chi connectivity index (χ4v) is 4.19. The number of rotatable bonds is 10. The van der Waals surface area contributed by atoms with Crippen molar-refractivity contribution in [3.8, 4) is 5.75 Å². The van der Waals surface area contributed by atoms with E-state index in [9.17, 15) is 4.79 Å². The van der Waals surface area contributed by atoms with Gasteiger partial charge in [0, 0.05) is 24.2 Å². The molecule has 2 aromatic carbocycles. The Labute approximate surface area is 181 Å². The second-order valence-corrected chi connectivity index (χ2v) is 7.87. The summed E-state index contributed by atoms with van der Waals surface area (Å²) >= 11 is 0. The smallest absolute Gasteiger partial charge is 0.251 e. The van der Waals surface area contributed by atoms with Crippen LogP contribution < -0.4 is 10.1 Å². The van der Waals surface area contributed by atoms with E-state index in [0.29, 0.717) is 12.1 Å². The van der Waals surface area contributed by atoms with Gasteiger partial charge in [-0.25, -0.2) is 0 Å². The van der Waals surface area contributed by atoms with Gasteiger partial charge in [-0.1, -0.05) is 44.2 Å². The first-order valence-electron chi connectivity index (χ1n) is 11.1. The number of hydrogen-bond acceptors (Lipinski definition) is 4. The van der Waals surface area contributed by atoms with Gasteiger partial charge in [0.1, 0.15) is 5.75 Å². The topological polar surface area (TPSA) is 44.8 Å². The molecule has 0 radical (unpaired) electrons. The van der Waals surface area contributed by atoms with Crippen LogP contribution in [0.15, 0.2) is 48.5 Å². The Morgan fingerprint density at radius 3 is 2.37 bits per heavy atom. The molecule has 5 nitrogen and oxygen atoms in total. The van der Waals surface area contributed by atoms with Crippen LogP contribution in [0.25, 0.3) is 0 Å². The Morgan fingerprint density at radius 1 is 1.07 bits per heavy atom. The van der Waals surface area contributed by atoms with Crippen molar-refractivity contribution in [3.05, 3.63) is 65.2 Å². The number of ether oxygens (including phenoxy) is 1. The average Bonchev–Trinajstić information content (AvgIpc) is 3.32. The van der Waals surface area contributed by atoms with E-state index in [1.54, 1.807) is 7.11 Å². The molecule has 0 aliphatic carbocycles. The SMILES string of the molecule is CCN(CC)Cc1ccc(C(=O)NCC(c2ccccc2OC)N2CCCC2)cc1. The van der Waals surface area contributed by atoms with Gasteiger partial charge in [-0.2, -0.15) is 0 Å². The van der Waals surface area contributed by atoms with Crippen LogP contribution in [-0.4, -0.2) is 55.5 Å². The summed E-state index contributed by atoms with van der Waals surface area (Å²) in [4.78, 5) is 17.6. The molecule has 162 valence electrons. The minimum Gasteiger partial charge on any atom is -0.496 e. The van der Waals surface area contributed by atoms with E-state index in [2.05, 4.69) is 47.2 Å². The van der Waals surface area contributed by atoms with E-state index in [4.69, 9.17) is 4.74 Å². The summed E-state index contributed by atoms with van der Waals surface area (Å²) < 4.78 is 5.60. The first-order chi connectivity index (χ1) is 14.7. The molecule has 0 saturated carbocycles. The van der Waals surface area contributed by atoms with Gasteiger partial charge in [-0.3, -0.25) is 14.6 Å². The van der Waals surface area contributed by atoms with Crippen LogP contribution in [0.1, 0.15) is 54.2 Å². The first-order valence-corrected chi connectivity index (χ1v) is 11.1. The molecule has 0 spiro atoms. The minimum absolute atomic E-state index is 0.0246. The van der Waals surface area contributed by atoms with Gasteiger partial charge in [0.05, 0.1) is 13.2 Å². The summed E-state index contributed by atoms with van der Waals surface area (Å²) in [5, 5.41) is 3.16. The van der Waals surface area contributed by atoms with E-state index in [0.717, 1.165) is 44.0 Å². The Bertz CT molecular complexity index is 796. The molecule has 0 bridgehead atoms. The summed E-state index contributed by atoms with van der Waals surface area (Å²) in [5.41, 5.74) is 3.08. The Balaban J connectivity index is 1.67. The molecule has 1 N–H and O–H groups in total. The molecule has 1 aliphatic rings. The maximum atomic E-state index is 12.8. The number of nitrogens with zero attached hydrogens (tertiary/aromatic N) is 2. The second-order valence-electron chi connectivity index (χ2n) is 7.87. The molecule has 3 rings (SSSR count). The van der Waals surface area contributed by atoms with Gasteiger partial charge in [-0.05, 0) is 62.8 Å². The molecule has 1 saturated heterocycles. The lowest BCUT2D eigenvalue weighted by Gasteiger charge is -2.29. The fourth-order valence-electron chi connectivity index (χ4n) is 4.19. The maximum absolute atomic E-state index is 12.8. The number of amides is 1. The Hall–Kier alpha value is -2.37. The van der Waals surface area contributed by atoms with E-state index in [-0.39, 0.29) is 11.9 Å². The van der Waals surface area contributed by atoms with Crippen molar-refractivity contribution in [1.29, 1.82) is 0 Å². The zero-order valence-electron chi connectivity index (χ0n) is 18.6. The Morgan fingerprint density at radius 2 is 1.73 bits per heavy atom. The van der Waals surface area contributed by atoms with Gasteiger partial charge < -0.3 is 10.1 Å². The molecular formula is C25H35N3O2. The van der Waals surface area contributed by atoms with Crippen LogP contribution in [0.5, 0.6) is 5.75 Å². The van der Waals surface area contributed by atoms with Crippen LogP contribution in [0.3, 0.4) is 0 Å². The van der Waals surface area contributed by atoms with Crippen molar-refractivity contribution < 1.29 is 9.53 Å². The largest absolute Gasteiger partial charge is 0.496 e. The lowest BCUT2D eigenvalue weighted by Crippen LogP contribution is -2.37. The normalized spacial score (nSPS) is 15.3. The number of para-hydroxylation sites is 1. The Kier molecular flexibility index (Phi) is 8.29. The minimum atomic E-state index is -0.0246. The number of hydrogen-bond donors (Lipinski definition) is 1. The lowest BCUT2D eigenvalue weighted by molar-refractivity contribution is 0.0937. The quantitative estimate of drug-likeness (QED) is 0.642. The van der Waals surface area contributed by atoms with Crippen molar-refractivity contribution in [1.82, 2.24) is 15.1 Å². The zero-order chi connectivity index (χ0) is 21.3. The molecule has 1 fully saturated rings. The maximum Gasteiger partial charge on any atom is 0.251 e. The third kappa shape index (κ3) is 5.61. The lowest BCUT2D eigenvalue weighted by atomic mass is 10.0. The standard InChI is InChI=1S/C25H35N3O2/c1-4-27(5-2)19-20-12-14-21(15-13-20)25(29)26-18-23(28-16-8-9-17-28)22-10-6-7-11-24(22)30-3/h6-7,10-15,23H,4-5,8-9,16-19H2,1-3H3,(H,26,29). The summed E-state index contributed by atoms with van der Waals surface area (Å²) in [6.45, 7) is 9.99. The number of carbonyl (C=O) groups is 1. The van der Waals surface area contributed by atoms with Gasteiger partial charge in [0.2, 0.25) is 0 Å². The van der Waals surface area contributed by atoms with Crippen molar-refractivity contribution in [2.45, 2.75) is 39.3 Å². The number of likely N-dealkylation sites (tertiary alicyclic amines) is 1. The van der Waals surface area contributed by atoms with Crippen molar-refractivity contribution >= 4 is 5.91 Å². The summed E-state index contributed by atoms with van der Waals surface area (Å²) in [7, 11) is 1.71. The monoisotopic (exact) mass is 409 g/mol. The van der Waals surface area contributed by atoms with Crippen LogP contribution in [-0.2, 0) is 6.54 Å². The second kappa shape index (κ2) is 11.1. The molecule has 30 heavy (non-hydrogen) atoms. The van der Waals surface area contributed by atoms with Gasteiger partial charge >= 0.3 is 0 Å². The van der Waals surface area contributed by atoms with E-state index in [1.807, 2.05) is 30.3 Å². The number of nitrogens with one attached hydrogen (secondary N) is 1. The van der Waals surface area contributed by atoms with E-state index >= 15 is 0 Å². The summed E-state index contributed by atoms with van der Waals surface area (Å²) in [5.74, 6) is 0.855. The predicted octanol–water partition coefficient (Wildman–Crippen LogP) is 4.10. The number of carbonyl (C=O) groups excluding carboxylic acids is 1. The predicted molar refractivity (Wildman–Crippen MR) is 122 cm³/mol. The molecule has 0 aromatic heterocycles. The van der Waals surface area contributed by atoms with E-state index < -0.39 is 0 Å². The summed E-state index contributed by atoms with van der Waals surface area (Å²) in [6.07, 6.45) is 2.40. The highest BCUT2D eigenvalue weighted by Crippen LogP contribution is 2.31. The van der Waals surface area contributed by atoms with Crippen molar-refractivity contribution in [3.63, 3.8) is 0 Å². The first kappa shape index (κ1) is 22.3. The van der Waals surface area contributed by atoms with Crippen LogP contribution in [0.2, 0.25) is 0 Å². The molecule has 2 aromatic rings. The summed E-state index contributed by atoms with van der Waals surface area (Å²) in [6, 6.07) is 16.2. The van der Waals surface area contributed by atoms with E-state index in [1.165, 1.54) is 18.4 Å². The number of methoxy groups -OCH3 is 1. The van der Waals surface area contributed by atoms with Crippen LogP contribution in [0.4, 0.5) is 0 Å². The molecule has 1 heterocycles. The highest BCUT2D eigenvalue weighted by molar-refractivity contribution is 5.94. The third-order valence-electron chi connectivity index (χ3n) is 6.05. The van der Waals surface area contributed by atoms with Gasteiger partial charge in [0.25, 0.3) is 5.91 Å². The molecule has 1 aliphatic heterocycles. The molecular weight excluding hydrogens is 374 g/mol. The molecule has 1 unspecified atom stereocenters. The fraction of sp³-hybridized carbons (Fsp3) is 0.480. The van der Waals surface area contributed by atoms with Crippen molar-refractivity contribution in [2.24, 2.45) is 0 Å². The van der Waals surface area contributed by atoms with Crippen molar-refractivity contribution in [2.75, 3.05) is 39.8 Å². The van der Waals surface area contributed by atoms with Gasteiger partial charge in [-0.15, -0.1) is 0 Å². The molecule has 1 amide bonds. The zero-order valence-corrected chi connectivity index (χ0v) is 18.6. The highest BCUT2D eigenvalue weighted by Gasteiger charge is 2.26. The number of benzene rings is 2. The van der Waals surface area contributed by atoms with Crippen LogP contribution in [0, 0.1) is 0 Å².